The molecule has 0 aliphatic rings. The summed E-state index contributed by atoms with van der Waals surface area (Å²) in [5.74, 6) is 0.0150. The zero-order chi connectivity index (χ0) is 8.97. The molecule has 63 valence electrons. The van der Waals surface area contributed by atoms with Crippen LogP contribution in [0.3, 0.4) is 0 Å². The molecule has 1 radical (unpaired) electrons. The van der Waals surface area contributed by atoms with Crippen molar-refractivity contribution in [2.75, 3.05) is 14.1 Å². The first-order valence-electron chi connectivity index (χ1n) is 3.81. The van der Waals surface area contributed by atoms with Gasteiger partial charge in [-0.15, -0.1) is 0 Å². The van der Waals surface area contributed by atoms with Gasteiger partial charge in [0.15, 0.2) is 0 Å². The summed E-state index contributed by atoms with van der Waals surface area (Å²) in [7, 11) is 3.48. The molecule has 0 atom stereocenters. The van der Waals surface area contributed by atoms with Crippen LogP contribution >= 0.6 is 0 Å². The first-order valence-corrected chi connectivity index (χ1v) is 3.81. The Hall–Kier alpha value is -1.44. The highest BCUT2D eigenvalue weighted by Crippen LogP contribution is 2.05. The van der Waals surface area contributed by atoms with Crippen molar-refractivity contribution in [2.24, 2.45) is 0 Å². The molecule has 1 aromatic rings. The third-order valence-corrected chi connectivity index (χ3v) is 1.53. The van der Waals surface area contributed by atoms with Crippen molar-refractivity contribution in [1.29, 1.82) is 0 Å². The van der Waals surface area contributed by atoms with E-state index in [9.17, 15) is 5.11 Å². The topological polar surface area (TPSA) is 23.1 Å². The van der Waals surface area contributed by atoms with Crippen molar-refractivity contribution < 1.29 is 5.11 Å². The lowest BCUT2D eigenvalue weighted by molar-refractivity contribution is 0.194. The van der Waals surface area contributed by atoms with E-state index in [4.69, 9.17) is 0 Å². The molecule has 12 heavy (non-hydrogen) atoms. The fourth-order valence-electron chi connectivity index (χ4n) is 0.821. The second kappa shape index (κ2) is 3.81. The second-order valence-corrected chi connectivity index (χ2v) is 2.79. The van der Waals surface area contributed by atoms with Crippen molar-refractivity contribution in [3.63, 3.8) is 0 Å². The van der Waals surface area contributed by atoms with Gasteiger partial charge < -0.3 is 4.90 Å². The molecule has 0 saturated carbocycles. The average Bonchev–Trinajstić information content (AvgIpc) is 2.06. The minimum Gasteiger partial charge on any atom is -0.345 e. The summed E-state index contributed by atoms with van der Waals surface area (Å²) >= 11 is 0. The van der Waals surface area contributed by atoms with E-state index in [2.05, 4.69) is 0 Å². The summed E-state index contributed by atoms with van der Waals surface area (Å²) in [6.07, 6.45) is 1.61. The largest absolute Gasteiger partial charge is 0.345 e. The van der Waals surface area contributed by atoms with Gasteiger partial charge in [0.2, 0.25) is 5.88 Å². The molecule has 1 aromatic carbocycles. The maximum atomic E-state index is 11.2. The lowest BCUT2D eigenvalue weighted by Crippen LogP contribution is -2.08. The quantitative estimate of drug-likeness (QED) is 0.610. The van der Waals surface area contributed by atoms with Gasteiger partial charge in [0.05, 0.1) is 0 Å². The van der Waals surface area contributed by atoms with Crippen LogP contribution in [-0.4, -0.2) is 19.0 Å². The van der Waals surface area contributed by atoms with Crippen LogP contribution in [0.4, 0.5) is 0 Å². The van der Waals surface area contributed by atoms with Gasteiger partial charge in [0.1, 0.15) is 0 Å². The zero-order valence-electron chi connectivity index (χ0n) is 7.32. The maximum absolute atomic E-state index is 11.2. The minimum absolute atomic E-state index is 0.0150. The van der Waals surface area contributed by atoms with Gasteiger partial charge in [-0.2, -0.15) is 0 Å². The highest BCUT2D eigenvalue weighted by Gasteiger charge is 1.96. The molecule has 0 heterocycles. The summed E-state index contributed by atoms with van der Waals surface area (Å²) in [6.45, 7) is 0. The second-order valence-electron chi connectivity index (χ2n) is 2.79. The summed E-state index contributed by atoms with van der Waals surface area (Å²) in [5.41, 5.74) is 0.941. The normalized spacial score (nSPS) is 11.3. The molecule has 0 fully saturated rings. The molecule has 0 bridgehead atoms. The van der Waals surface area contributed by atoms with Crippen LogP contribution in [-0.2, 0) is 5.11 Å². The van der Waals surface area contributed by atoms with Crippen LogP contribution < -0.4 is 0 Å². The average molecular weight is 162 g/mol. The monoisotopic (exact) mass is 162 g/mol. The minimum atomic E-state index is 0.0150. The lowest BCUT2D eigenvalue weighted by atomic mass is 10.2. The Morgan fingerprint density at radius 2 is 1.83 bits per heavy atom. The highest BCUT2D eigenvalue weighted by atomic mass is 16.3. The summed E-state index contributed by atoms with van der Waals surface area (Å²) in [5, 5.41) is 11.2. The Kier molecular flexibility index (Phi) is 2.75. The highest BCUT2D eigenvalue weighted by molar-refractivity contribution is 5.49. The van der Waals surface area contributed by atoms with E-state index in [0.29, 0.717) is 0 Å². The molecule has 0 unspecified atom stereocenters. The van der Waals surface area contributed by atoms with Gasteiger partial charge in [0, 0.05) is 20.2 Å². The van der Waals surface area contributed by atoms with Crippen LogP contribution in [0.5, 0.6) is 0 Å². The third kappa shape index (κ3) is 2.31. The van der Waals surface area contributed by atoms with Gasteiger partial charge in [-0.25, -0.2) is 0 Å². The van der Waals surface area contributed by atoms with Gasteiger partial charge in [-0.1, -0.05) is 30.3 Å². The lowest BCUT2D eigenvalue weighted by Gasteiger charge is -2.06. The SMILES string of the molecule is CN(C)C([O])=Cc1ccccc1. The molecular weight excluding hydrogens is 150 g/mol. The molecule has 0 aliphatic carbocycles. The number of rotatable bonds is 2. The fraction of sp³-hybridized carbons (Fsp3) is 0.200. The molecule has 0 saturated heterocycles. The Morgan fingerprint density at radius 3 is 2.33 bits per heavy atom. The third-order valence-electron chi connectivity index (χ3n) is 1.53. The Morgan fingerprint density at radius 1 is 1.25 bits per heavy atom. The van der Waals surface area contributed by atoms with Gasteiger partial charge >= 0.3 is 0 Å². The van der Waals surface area contributed by atoms with E-state index < -0.39 is 0 Å². The number of hydrogen-bond donors (Lipinski definition) is 0. The van der Waals surface area contributed by atoms with E-state index >= 15 is 0 Å². The fourth-order valence-corrected chi connectivity index (χ4v) is 0.821. The van der Waals surface area contributed by atoms with Crippen molar-refractivity contribution in [3.05, 3.63) is 41.8 Å². The van der Waals surface area contributed by atoms with E-state index in [-0.39, 0.29) is 5.88 Å². The molecule has 0 aromatic heterocycles. The van der Waals surface area contributed by atoms with Gasteiger partial charge in [-0.05, 0) is 5.56 Å². The molecule has 2 heteroatoms. The Labute approximate surface area is 72.8 Å². The van der Waals surface area contributed by atoms with Crippen molar-refractivity contribution in [2.45, 2.75) is 0 Å². The van der Waals surface area contributed by atoms with E-state index in [0.717, 1.165) is 5.56 Å². The standard InChI is InChI=1S/C10H12NO/c1-11(2)10(12)8-9-6-4-3-5-7-9/h3-8H,1-2H3. The summed E-state index contributed by atoms with van der Waals surface area (Å²) in [6, 6.07) is 9.56. The molecule has 0 amide bonds. The Bertz CT molecular complexity index is 264. The van der Waals surface area contributed by atoms with Crippen LogP contribution in [0, 0.1) is 0 Å². The first-order chi connectivity index (χ1) is 5.70. The smallest absolute Gasteiger partial charge is 0.246 e. The molecule has 0 aliphatic heterocycles. The summed E-state index contributed by atoms with van der Waals surface area (Å²) in [4.78, 5) is 1.55. The summed E-state index contributed by atoms with van der Waals surface area (Å²) < 4.78 is 0. The molecule has 0 N–H and O–H groups in total. The molecule has 2 nitrogen and oxygen atoms in total. The van der Waals surface area contributed by atoms with Gasteiger partial charge in [0.25, 0.3) is 0 Å². The number of nitrogens with zero attached hydrogens (tertiary/aromatic N) is 1. The number of benzene rings is 1. The molecule has 1 rings (SSSR count). The molecular formula is C10H12NO. The van der Waals surface area contributed by atoms with E-state index in [1.165, 1.54) is 0 Å². The van der Waals surface area contributed by atoms with E-state index in [1.807, 2.05) is 30.3 Å². The molecule has 0 spiro atoms. The van der Waals surface area contributed by atoms with Crippen molar-refractivity contribution in [1.82, 2.24) is 4.90 Å². The Balaban J connectivity index is 2.81. The van der Waals surface area contributed by atoms with Crippen LogP contribution in [0.15, 0.2) is 36.2 Å². The first kappa shape index (κ1) is 8.65. The van der Waals surface area contributed by atoms with Crippen LogP contribution in [0.25, 0.3) is 6.08 Å². The van der Waals surface area contributed by atoms with Gasteiger partial charge in [-0.3, -0.25) is 5.11 Å². The zero-order valence-corrected chi connectivity index (χ0v) is 7.32. The van der Waals surface area contributed by atoms with Crippen molar-refractivity contribution >= 4 is 6.08 Å². The predicted octanol–water partition coefficient (Wildman–Crippen LogP) is 1.98. The van der Waals surface area contributed by atoms with Crippen LogP contribution in [0.2, 0.25) is 0 Å². The number of hydrogen-bond acceptors (Lipinski definition) is 1. The predicted molar refractivity (Wildman–Crippen MR) is 48.8 cm³/mol. The van der Waals surface area contributed by atoms with E-state index in [1.54, 1.807) is 25.1 Å². The van der Waals surface area contributed by atoms with Crippen molar-refractivity contribution in [3.8, 4) is 0 Å². The maximum Gasteiger partial charge on any atom is 0.246 e. The van der Waals surface area contributed by atoms with Crippen LogP contribution in [0.1, 0.15) is 5.56 Å².